The zero-order chi connectivity index (χ0) is 16.1. The molecule has 2 aromatic rings. The van der Waals surface area contributed by atoms with Gasteiger partial charge in [0.05, 0.1) is 13.7 Å². The molecule has 1 aliphatic heterocycles. The maximum Gasteiger partial charge on any atom is 0.120 e. The summed E-state index contributed by atoms with van der Waals surface area (Å²) in [6.07, 6.45) is 0. The monoisotopic (exact) mass is 312 g/mol. The summed E-state index contributed by atoms with van der Waals surface area (Å²) in [6, 6.07) is 16.5. The van der Waals surface area contributed by atoms with Crippen molar-refractivity contribution in [2.24, 2.45) is 0 Å². The lowest BCUT2D eigenvalue weighted by atomic mass is 10.1. The molecule has 1 aliphatic rings. The molecule has 2 aromatic carbocycles. The van der Waals surface area contributed by atoms with Crippen LogP contribution < -0.4 is 9.64 Å². The zero-order valence-electron chi connectivity index (χ0n) is 13.6. The van der Waals surface area contributed by atoms with E-state index < -0.39 is 0 Å². The summed E-state index contributed by atoms with van der Waals surface area (Å²) in [4.78, 5) is 4.89. The van der Waals surface area contributed by atoms with Crippen LogP contribution >= 0.6 is 0 Å². The van der Waals surface area contributed by atoms with E-state index in [4.69, 9.17) is 9.84 Å². The van der Waals surface area contributed by atoms with Crippen LogP contribution in [0.25, 0.3) is 0 Å². The van der Waals surface area contributed by atoms with Gasteiger partial charge in [-0.15, -0.1) is 0 Å². The van der Waals surface area contributed by atoms with Crippen molar-refractivity contribution in [3.63, 3.8) is 0 Å². The van der Waals surface area contributed by atoms with Crippen LogP contribution in [0.1, 0.15) is 11.1 Å². The summed E-state index contributed by atoms with van der Waals surface area (Å²) < 4.78 is 5.31. The number of hydrogen-bond acceptors (Lipinski definition) is 4. The highest BCUT2D eigenvalue weighted by atomic mass is 16.5. The highest BCUT2D eigenvalue weighted by molar-refractivity contribution is 5.51. The predicted molar refractivity (Wildman–Crippen MR) is 92.8 cm³/mol. The van der Waals surface area contributed by atoms with E-state index in [0.717, 1.165) is 44.0 Å². The van der Waals surface area contributed by atoms with Crippen molar-refractivity contribution in [1.29, 1.82) is 0 Å². The second-order valence-electron chi connectivity index (χ2n) is 5.94. The first-order valence-corrected chi connectivity index (χ1v) is 8.08. The molecule has 0 amide bonds. The zero-order valence-corrected chi connectivity index (χ0v) is 13.6. The predicted octanol–water partition coefficient (Wildman–Crippen LogP) is 2.51. The van der Waals surface area contributed by atoms with Gasteiger partial charge < -0.3 is 14.7 Å². The molecule has 4 heteroatoms. The first kappa shape index (κ1) is 15.8. The van der Waals surface area contributed by atoms with Crippen molar-refractivity contribution in [3.8, 4) is 5.75 Å². The molecule has 0 atom stereocenters. The van der Waals surface area contributed by atoms with Crippen molar-refractivity contribution < 1.29 is 9.84 Å². The Hall–Kier alpha value is -2.04. The van der Waals surface area contributed by atoms with Crippen LogP contribution in [-0.4, -0.2) is 43.3 Å². The van der Waals surface area contributed by atoms with E-state index in [1.54, 1.807) is 7.11 Å². The largest absolute Gasteiger partial charge is 0.497 e. The Bertz CT molecular complexity index is 620. The minimum Gasteiger partial charge on any atom is -0.497 e. The lowest BCUT2D eigenvalue weighted by molar-refractivity contribution is 0.249. The van der Waals surface area contributed by atoms with Crippen molar-refractivity contribution in [2.75, 3.05) is 38.2 Å². The quantitative estimate of drug-likeness (QED) is 0.920. The van der Waals surface area contributed by atoms with E-state index >= 15 is 0 Å². The van der Waals surface area contributed by atoms with Crippen molar-refractivity contribution in [2.45, 2.75) is 13.2 Å². The molecule has 0 aromatic heterocycles. The fraction of sp³-hybridized carbons (Fsp3) is 0.368. The average molecular weight is 312 g/mol. The molecule has 23 heavy (non-hydrogen) atoms. The number of hydrogen-bond donors (Lipinski definition) is 1. The Balaban J connectivity index is 1.55. The molecule has 0 unspecified atom stereocenters. The van der Waals surface area contributed by atoms with Crippen molar-refractivity contribution in [1.82, 2.24) is 4.90 Å². The first-order valence-electron chi connectivity index (χ1n) is 8.08. The molecule has 1 heterocycles. The van der Waals surface area contributed by atoms with Crippen LogP contribution in [-0.2, 0) is 13.2 Å². The third kappa shape index (κ3) is 4.03. The van der Waals surface area contributed by atoms with Gasteiger partial charge in [-0.3, -0.25) is 4.90 Å². The van der Waals surface area contributed by atoms with Gasteiger partial charge in [0.1, 0.15) is 5.75 Å². The van der Waals surface area contributed by atoms with Crippen LogP contribution in [0.15, 0.2) is 48.5 Å². The molecule has 1 N–H and O–H groups in total. The number of aliphatic hydroxyl groups excluding tert-OH is 1. The average Bonchev–Trinajstić information content (AvgIpc) is 2.63. The molecule has 3 rings (SSSR count). The highest BCUT2D eigenvalue weighted by Crippen LogP contribution is 2.22. The number of benzene rings is 2. The van der Waals surface area contributed by atoms with Crippen LogP contribution in [0, 0.1) is 0 Å². The van der Waals surface area contributed by atoms with Gasteiger partial charge in [-0.25, -0.2) is 0 Å². The Morgan fingerprint density at radius 1 is 0.957 bits per heavy atom. The standard InChI is InChI=1S/C19H24N2O2/c1-23-19-4-2-3-18(13-19)21-11-9-20(10-12-21)14-16-5-7-17(15-22)8-6-16/h2-8,13,22H,9-12,14-15H2,1H3. The van der Waals surface area contributed by atoms with Crippen LogP contribution in [0.3, 0.4) is 0 Å². The van der Waals surface area contributed by atoms with E-state index in [2.05, 4.69) is 34.1 Å². The molecule has 0 spiro atoms. The van der Waals surface area contributed by atoms with E-state index in [0.29, 0.717) is 0 Å². The second kappa shape index (κ2) is 7.49. The number of methoxy groups -OCH3 is 1. The molecule has 0 saturated carbocycles. The molecule has 1 saturated heterocycles. The summed E-state index contributed by atoms with van der Waals surface area (Å²) >= 11 is 0. The van der Waals surface area contributed by atoms with Gasteiger partial charge in [0.25, 0.3) is 0 Å². The van der Waals surface area contributed by atoms with E-state index in [-0.39, 0.29) is 6.61 Å². The molecular weight excluding hydrogens is 288 g/mol. The van der Waals surface area contributed by atoms with E-state index in [1.807, 2.05) is 24.3 Å². The number of piperazine rings is 1. The normalized spacial score (nSPS) is 15.7. The minimum atomic E-state index is 0.111. The lowest BCUT2D eigenvalue weighted by Crippen LogP contribution is -2.45. The van der Waals surface area contributed by atoms with E-state index in [1.165, 1.54) is 11.3 Å². The first-order chi connectivity index (χ1) is 11.3. The summed E-state index contributed by atoms with van der Waals surface area (Å²) in [5, 5.41) is 9.10. The Morgan fingerprint density at radius 3 is 2.30 bits per heavy atom. The third-order valence-electron chi connectivity index (χ3n) is 4.40. The van der Waals surface area contributed by atoms with Gasteiger partial charge in [-0.2, -0.15) is 0 Å². The number of aliphatic hydroxyl groups is 1. The van der Waals surface area contributed by atoms with Gasteiger partial charge >= 0.3 is 0 Å². The smallest absolute Gasteiger partial charge is 0.120 e. The van der Waals surface area contributed by atoms with Gasteiger partial charge in [-0.05, 0) is 23.3 Å². The molecule has 0 aliphatic carbocycles. The van der Waals surface area contributed by atoms with Gasteiger partial charge in [0.2, 0.25) is 0 Å². The number of nitrogens with zero attached hydrogens (tertiary/aromatic N) is 2. The number of rotatable bonds is 5. The molecule has 0 bridgehead atoms. The summed E-state index contributed by atoms with van der Waals surface area (Å²) in [7, 11) is 1.71. The second-order valence-corrected chi connectivity index (χ2v) is 5.94. The molecule has 1 fully saturated rings. The fourth-order valence-electron chi connectivity index (χ4n) is 2.98. The summed E-state index contributed by atoms with van der Waals surface area (Å²) in [6.45, 7) is 5.25. The fourth-order valence-corrected chi connectivity index (χ4v) is 2.98. The van der Waals surface area contributed by atoms with Crippen LogP contribution in [0.5, 0.6) is 5.75 Å². The number of anilines is 1. The van der Waals surface area contributed by atoms with Gasteiger partial charge in [0.15, 0.2) is 0 Å². The maximum absolute atomic E-state index is 9.10. The Kier molecular flexibility index (Phi) is 5.16. The minimum absolute atomic E-state index is 0.111. The van der Waals surface area contributed by atoms with Gasteiger partial charge in [-0.1, -0.05) is 30.3 Å². The molecular formula is C19H24N2O2. The topological polar surface area (TPSA) is 35.9 Å². The SMILES string of the molecule is COc1cccc(N2CCN(Cc3ccc(CO)cc3)CC2)c1. The third-order valence-corrected chi connectivity index (χ3v) is 4.40. The lowest BCUT2D eigenvalue weighted by Gasteiger charge is -2.36. The van der Waals surface area contributed by atoms with Crippen LogP contribution in [0.4, 0.5) is 5.69 Å². The van der Waals surface area contributed by atoms with Crippen molar-refractivity contribution in [3.05, 3.63) is 59.7 Å². The maximum atomic E-state index is 9.10. The number of ether oxygens (including phenoxy) is 1. The van der Waals surface area contributed by atoms with Crippen LogP contribution in [0.2, 0.25) is 0 Å². The Morgan fingerprint density at radius 2 is 1.65 bits per heavy atom. The molecule has 0 radical (unpaired) electrons. The van der Waals surface area contributed by atoms with Crippen molar-refractivity contribution >= 4 is 5.69 Å². The Labute approximate surface area is 137 Å². The highest BCUT2D eigenvalue weighted by Gasteiger charge is 2.17. The molecule has 4 nitrogen and oxygen atoms in total. The molecule has 122 valence electrons. The van der Waals surface area contributed by atoms with Gasteiger partial charge in [0, 0.05) is 44.5 Å². The summed E-state index contributed by atoms with van der Waals surface area (Å²) in [5.41, 5.74) is 3.50. The van der Waals surface area contributed by atoms with E-state index in [9.17, 15) is 0 Å². The summed E-state index contributed by atoms with van der Waals surface area (Å²) in [5.74, 6) is 0.911.